The van der Waals surface area contributed by atoms with Crippen molar-refractivity contribution < 1.29 is 14.8 Å². The van der Waals surface area contributed by atoms with Gasteiger partial charge in [-0.2, -0.15) is 0 Å². The molecule has 1 aromatic carbocycles. The second kappa shape index (κ2) is 6.49. The third-order valence-electron chi connectivity index (χ3n) is 3.17. The van der Waals surface area contributed by atoms with E-state index in [0.29, 0.717) is 19.4 Å². The standard InChI is InChI=1S/C12H14N2O4.ClH/c15-12(16)11-6-9(7-13-11)4-8-2-1-3-10(5-8)14(17)18;/h1-3,5,9,11,13H,4,6-7H2,(H,15,16);1H. The van der Waals surface area contributed by atoms with E-state index in [1.165, 1.54) is 6.07 Å². The third kappa shape index (κ3) is 3.90. The highest BCUT2D eigenvalue weighted by atomic mass is 35.5. The van der Waals surface area contributed by atoms with Crippen molar-refractivity contribution in [2.24, 2.45) is 5.92 Å². The topological polar surface area (TPSA) is 92.5 Å². The molecule has 0 radical (unpaired) electrons. The highest BCUT2D eigenvalue weighted by Gasteiger charge is 2.29. The molecule has 2 unspecified atom stereocenters. The maximum atomic E-state index is 10.8. The fraction of sp³-hybridized carbons (Fsp3) is 0.417. The first-order chi connectivity index (χ1) is 8.56. The molecule has 7 heteroatoms. The molecule has 19 heavy (non-hydrogen) atoms. The molecule has 2 rings (SSSR count). The van der Waals surface area contributed by atoms with Crippen LogP contribution < -0.4 is 5.32 Å². The number of rotatable bonds is 4. The summed E-state index contributed by atoms with van der Waals surface area (Å²) in [6.07, 6.45) is 1.23. The van der Waals surface area contributed by atoms with E-state index < -0.39 is 16.9 Å². The van der Waals surface area contributed by atoms with Gasteiger partial charge >= 0.3 is 5.97 Å². The van der Waals surface area contributed by atoms with E-state index in [9.17, 15) is 14.9 Å². The van der Waals surface area contributed by atoms with Crippen LogP contribution in [-0.4, -0.2) is 28.6 Å². The number of hydrogen-bond acceptors (Lipinski definition) is 4. The summed E-state index contributed by atoms with van der Waals surface area (Å²) in [5.41, 5.74) is 0.954. The van der Waals surface area contributed by atoms with Crippen LogP contribution in [-0.2, 0) is 11.2 Å². The first-order valence-electron chi connectivity index (χ1n) is 5.76. The second-order valence-electron chi connectivity index (χ2n) is 4.53. The molecule has 0 aliphatic carbocycles. The van der Waals surface area contributed by atoms with E-state index in [-0.39, 0.29) is 24.0 Å². The van der Waals surface area contributed by atoms with Crippen molar-refractivity contribution in [1.29, 1.82) is 0 Å². The highest BCUT2D eigenvalue weighted by molar-refractivity contribution is 5.85. The number of halogens is 1. The monoisotopic (exact) mass is 286 g/mol. The van der Waals surface area contributed by atoms with Crippen molar-refractivity contribution in [2.45, 2.75) is 18.9 Å². The van der Waals surface area contributed by atoms with Gasteiger partial charge in [-0.1, -0.05) is 12.1 Å². The predicted molar refractivity (Wildman–Crippen MR) is 71.6 cm³/mol. The number of non-ortho nitro benzene ring substituents is 1. The normalized spacial score (nSPS) is 21.7. The van der Waals surface area contributed by atoms with Gasteiger partial charge in [0.1, 0.15) is 6.04 Å². The van der Waals surface area contributed by atoms with Gasteiger partial charge in [-0.25, -0.2) is 0 Å². The molecular weight excluding hydrogens is 272 g/mol. The molecule has 1 saturated heterocycles. The molecule has 104 valence electrons. The number of nitro groups is 1. The molecule has 0 amide bonds. The smallest absolute Gasteiger partial charge is 0.320 e. The zero-order valence-corrected chi connectivity index (χ0v) is 10.9. The van der Waals surface area contributed by atoms with Crippen LogP contribution in [0.15, 0.2) is 24.3 Å². The molecule has 2 atom stereocenters. The zero-order valence-electron chi connectivity index (χ0n) is 10.1. The minimum absolute atomic E-state index is 0. The predicted octanol–water partition coefficient (Wildman–Crippen LogP) is 1.62. The molecule has 1 aliphatic rings. The van der Waals surface area contributed by atoms with E-state index in [1.807, 2.05) is 6.07 Å². The van der Waals surface area contributed by atoms with E-state index in [4.69, 9.17) is 5.11 Å². The summed E-state index contributed by atoms with van der Waals surface area (Å²) in [7, 11) is 0. The number of nitro benzene ring substituents is 1. The Morgan fingerprint density at radius 1 is 1.53 bits per heavy atom. The van der Waals surface area contributed by atoms with Gasteiger partial charge in [0.15, 0.2) is 0 Å². The van der Waals surface area contributed by atoms with Gasteiger partial charge in [-0.3, -0.25) is 14.9 Å². The van der Waals surface area contributed by atoms with Crippen LogP contribution in [0.4, 0.5) is 5.69 Å². The van der Waals surface area contributed by atoms with Crippen LogP contribution >= 0.6 is 12.4 Å². The lowest BCUT2D eigenvalue weighted by Crippen LogP contribution is -2.29. The number of carbonyl (C=O) groups is 1. The van der Waals surface area contributed by atoms with Gasteiger partial charge in [0.2, 0.25) is 0 Å². The maximum Gasteiger partial charge on any atom is 0.320 e. The summed E-state index contributed by atoms with van der Waals surface area (Å²) in [5, 5.41) is 22.4. The minimum Gasteiger partial charge on any atom is -0.480 e. The minimum atomic E-state index is -0.837. The first-order valence-corrected chi connectivity index (χ1v) is 5.76. The molecule has 0 spiro atoms. The molecule has 1 fully saturated rings. The largest absolute Gasteiger partial charge is 0.480 e. The molecule has 1 heterocycles. The summed E-state index contributed by atoms with van der Waals surface area (Å²) < 4.78 is 0. The first kappa shape index (κ1) is 15.4. The van der Waals surface area contributed by atoms with Gasteiger partial charge in [0, 0.05) is 12.1 Å². The Labute approximate surface area is 116 Å². The lowest BCUT2D eigenvalue weighted by Gasteiger charge is -2.08. The fourth-order valence-electron chi connectivity index (χ4n) is 2.28. The average molecular weight is 287 g/mol. The van der Waals surface area contributed by atoms with Crippen LogP contribution in [0.2, 0.25) is 0 Å². The Morgan fingerprint density at radius 3 is 2.84 bits per heavy atom. The van der Waals surface area contributed by atoms with Crippen molar-refractivity contribution in [3.63, 3.8) is 0 Å². The van der Waals surface area contributed by atoms with Crippen LogP contribution in [0, 0.1) is 16.0 Å². The van der Waals surface area contributed by atoms with Crippen LogP contribution in [0.25, 0.3) is 0 Å². The Hall–Kier alpha value is -1.66. The van der Waals surface area contributed by atoms with E-state index in [1.54, 1.807) is 12.1 Å². The molecule has 0 bridgehead atoms. The quantitative estimate of drug-likeness (QED) is 0.648. The number of nitrogens with one attached hydrogen (secondary N) is 1. The summed E-state index contributed by atoms with van der Waals surface area (Å²) in [4.78, 5) is 21.0. The number of nitrogens with zero attached hydrogens (tertiary/aromatic N) is 1. The van der Waals surface area contributed by atoms with E-state index in [0.717, 1.165) is 5.56 Å². The number of benzene rings is 1. The van der Waals surface area contributed by atoms with Crippen molar-refractivity contribution in [3.05, 3.63) is 39.9 Å². The lowest BCUT2D eigenvalue weighted by atomic mass is 9.96. The number of carboxylic acid groups (broad SMARTS) is 1. The molecule has 0 saturated carbocycles. The zero-order chi connectivity index (χ0) is 13.1. The van der Waals surface area contributed by atoms with Gasteiger partial charge in [0.05, 0.1) is 4.92 Å². The Kier molecular flexibility index (Phi) is 5.26. The molecule has 0 aromatic heterocycles. The Balaban J connectivity index is 0.00000180. The lowest BCUT2D eigenvalue weighted by molar-refractivity contribution is -0.384. The highest BCUT2D eigenvalue weighted by Crippen LogP contribution is 2.21. The Bertz CT molecular complexity index is 481. The Morgan fingerprint density at radius 2 is 2.26 bits per heavy atom. The summed E-state index contributed by atoms with van der Waals surface area (Å²) in [6, 6.07) is 6.00. The van der Waals surface area contributed by atoms with Crippen LogP contribution in [0.5, 0.6) is 0 Å². The van der Waals surface area contributed by atoms with Gasteiger partial charge < -0.3 is 10.4 Å². The van der Waals surface area contributed by atoms with Crippen LogP contribution in [0.1, 0.15) is 12.0 Å². The van der Waals surface area contributed by atoms with Crippen LogP contribution in [0.3, 0.4) is 0 Å². The molecular formula is C12H15ClN2O4. The molecule has 1 aromatic rings. The summed E-state index contributed by atoms with van der Waals surface area (Å²) in [5.74, 6) is -0.621. The van der Waals surface area contributed by atoms with E-state index in [2.05, 4.69) is 5.32 Å². The van der Waals surface area contributed by atoms with Crippen molar-refractivity contribution in [2.75, 3.05) is 6.54 Å². The number of hydrogen-bond donors (Lipinski definition) is 2. The number of aliphatic carboxylic acids is 1. The SMILES string of the molecule is Cl.O=C(O)C1CC(Cc2cccc([N+](=O)[O-])c2)CN1. The van der Waals surface area contributed by atoms with Gasteiger partial charge in [-0.15, -0.1) is 12.4 Å². The molecule has 1 aliphatic heterocycles. The van der Waals surface area contributed by atoms with Crippen molar-refractivity contribution >= 4 is 24.1 Å². The summed E-state index contributed by atoms with van der Waals surface area (Å²) in [6.45, 7) is 0.639. The van der Waals surface area contributed by atoms with E-state index >= 15 is 0 Å². The molecule has 6 nitrogen and oxygen atoms in total. The fourth-order valence-corrected chi connectivity index (χ4v) is 2.28. The maximum absolute atomic E-state index is 10.8. The second-order valence-corrected chi connectivity index (χ2v) is 4.53. The van der Waals surface area contributed by atoms with Crippen molar-refractivity contribution in [1.82, 2.24) is 5.32 Å². The van der Waals surface area contributed by atoms with Gasteiger partial charge in [-0.05, 0) is 30.9 Å². The number of carboxylic acids is 1. The average Bonchev–Trinajstić information content (AvgIpc) is 2.78. The van der Waals surface area contributed by atoms with Gasteiger partial charge in [0.25, 0.3) is 5.69 Å². The third-order valence-corrected chi connectivity index (χ3v) is 3.17. The van der Waals surface area contributed by atoms with Crippen molar-refractivity contribution in [3.8, 4) is 0 Å². The molecule has 2 N–H and O–H groups in total. The summed E-state index contributed by atoms with van der Waals surface area (Å²) >= 11 is 0.